The number of aliphatic hydroxyl groups excluding tert-OH is 1. The van der Waals surface area contributed by atoms with Gasteiger partial charge in [0.2, 0.25) is 0 Å². The van der Waals surface area contributed by atoms with Crippen LogP contribution in [-0.4, -0.2) is 53.9 Å². The smallest absolute Gasteiger partial charge is 0.128 e. The molecule has 0 saturated carbocycles. The van der Waals surface area contributed by atoms with Gasteiger partial charge in [0.15, 0.2) is 0 Å². The first-order chi connectivity index (χ1) is 14.0. The molecule has 29 heavy (non-hydrogen) atoms. The number of aromatic nitrogens is 1. The third-order valence-electron chi connectivity index (χ3n) is 6.21. The monoisotopic (exact) mass is 412 g/mol. The minimum absolute atomic E-state index is 0.201. The minimum Gasteiger partial charge on any atom is -0.388 e. The van der Waals surface area contributed by atoms with Crippen LogP contribution in [0.3, 0.4) is 0 Å². The zero-order valence-electron chi connectivity index (χ0n) is 17.7. The van der Waals surface area contributed by atoms with Crippen LogP contribution in [0.1, 0.15) is 44.0 Å². The summed E-state index contributed by atoms with van der Waals surface area (Å²) < 4.78 is 0. The maximum absolute atomic E-state index is 10.2. The predicted molar refractivity (Wildman–Crippen MR) is 124 cm³/mol. The van der Waals surface area contributed by atoms with Crippen molar-refractivity contribution in [2.24, 2.45) is 5.92 Å². The Hall–Kier alpha value is -1.68. The standard InChI is InChI=1S/C23H33N4OP/c1-16(2)23(28)19-5-7-22(25-15-19)27-11-9-26(10-12-27)17(3)18-4-6-20-21(14-18)29-13-8-24-20/h4-7,14-17,23-24,28-29H,8-13H2,1-3H3. The van der Waals surface area contributed by atoms with Gasteiger partial charge in [-0.3, -0.25) is 4.90 Å². The molecule has 2 aliphatic heterocycles. The Morgan fingerprint density at radius 2 is 1.79 bits per heavy atom. The molecule has 3 unspecified atom stereocenters. The molecule has 3 heterocycles. The summed E-state index contributed by atoms with van der Waals surface area (Å²) in [4.78, 5) is 9.56. The zero-order chi connectivity index (χ0) is 20.4. The van der Waals surface area contributed by atoms with Crippen molar-refractivity contribution in [1.29, 1.82) is 0 Å². The highest BCUT2D eigenvalue weighted by atomic mass is 31.1. The predicted octanol–water partition coefficient (Wildman–Crippen LogP) is 3.38. The van der Waals surface area contributed by atoms with Crippen LogP contribution in [0, 0.1) is 5.92 Å². The molecule has 1 aromatic carbocycles. The van der Waals surface area contributed by atoms with Gasteiger partial charge in [-0.2, -0.15) is 0 Å². The van der Waals surface area contributed by atoms with Crippen LogP contribution >= 0.6 is 8.58 Å². The quantitative estimate of drug-likeness (QED) is 0.738. The Labute approximate surface area is 176 Å². The van der Waals surface area contributed by atoms with Crippen LogP contribution in [0.2, 0.25) is 0 Å². The van der Waals surface area contributed by atoms with E-state index in [9.17, 15) is 5.11 Å². The van der Waals surface area contributed by atoms with Crippen LogP contribution < -0.4 is 15.5 Å². The van der Waals surface area contributed by atoms with Crippen LogP contribution in [0.5, 0.6) is 0 Å². The van der Waals surface area contributed by atoms with Gasteiger partial charge in [-0.15, -0.1) is 0 Å². The van der Waals surface area contributed by atoms with Gasteiger partial charge in [-0.1, -0.05) is 34.6 Å². The Morgan fingerprint density at radius 3 is 2.48 bits per heavy atom. The van der Waals surface area contributed by atoms with E-state index in [1.807, 2.05) is 26.1 Å². The Balaban J connectivity index is 1.36. The second-order valence-electron chi connectivity index (χ2n) is 8.50. The lowest BCUT2D eigenvalue weighted by Crippen LogP contribution is -2.47. The van der Waals surface area contributed by atoms with E-state index < -0.39 is 6.10 Å². The SMILES string of the molecule is CC(C)C(O)c1ccc(N2CCN(C(C)c3ccc4c(c3)PCCN4)CC2)nc1. The summed E-state index contributed by atoms with van der Waals surface area (Å²) in [5.74, 6) is 1.21. The molecular weight excluding hydrogens is 379 g/mol. The van der Waals surface area contributed by atoms with Crippen LogP contribution in [-0.2, 0) is 0 Å². The number of fused-ring (bicyclic) bond motifs is 1. The lowest BCUT2D eigenvalue weighted by Gasteiger charge is -2.39. The number of benzene rings is 1. The molecular formula is C23H33N4OP. The molecule has 5 nitrogen and oxygen atoms in total. The van der Waals surface area contributed by atoms with Gasteiger partial charge < -0.3 is 15.3 Å². The number of hydrogen-bond acceptors (Lipinski definition) is 5. The first-order valence-corrected chi connectivity index (χ1v) is 12.0. The largest absolute Gasteiger partial charge is 0.388 e. The number of rotatable bonds is 5. The molecule has 0 aliphatic carbocycles. The summed E-state index contributed by atoms with van der Waals surface area (Å²) >= 11 is 0. The number of piperazine rings is 1. The van der Waals surface area contributed by atoms with E-state index in [-0.39, 0.29) is 5.92 Å². The molecule has 2 N–H and O–H groups in total. The van der Waals surface area contributed by atoms with Crippen molar-refractivity contribution in [1.82, 2.24) is 9.88 Å². The summed E-state index contributed by atoms with van der Waals surface area (Å²) in [7, 11) is 0.928. The summed E-state index contributed by atoms with van der Waals surface area (Å²) in [5.41, 5.74) is 3.66. The van der Waals surface area contributed by atoms with Gasteiger partial charge in [-0.05, 0) is 53.6 Å². The minimum atomic E-state index is -0.443. The Kier molecular flexibility index (Phi) is 6.38. The van der Waals surface area contributed by atoms with E-state index in [1.54, 1.807) is 0 Å². The summed E-state index contributed by atoms with van der Waals surface area (Å²) in [6, 6.07) is 11.5. The maximum Gasteiger partial charge on any atom is 0.128 e. The fraction of sp³-hybridized carbons (Fsp3) is 0.522. The van der Waals surface area contributed by atoms with Gasteiger partial charge in [-0.25, -0.2) is 4.98 Å². The van der Waals surface area contributed by atoms with E-state index >= 15 is 0 Å². The summed E-state index contributed by atoms with van der Waals surface area (Å²) in [5, 5.41) is 15.2. The summed E-state index contributed by atoms with van der Waals surface area (Å²) in [6.07, 6.45) is 2.64. The van der Waals surface area contributed by atoms with E-state index in [0.29, 0.717) is 6.04 Å². The number of anilines is 2. The maximum atomic E-state index is 10.2. The molecule has 156 valence electrons. The van der Waals surface area contributed by atoms with E-state index in [2.05, 4.69) is 51.3 Å². The van der Waals surface area contributed by atoms with Crippen molar-refractivity contribution >= 4 is 25.4 Å². The highest BCUT2D eigenvalue weighted by Gasteiger charge is 2.24. The van der Waals surface area contributed by atoms with Crippen LogP contribution in [0.15, 0.2) is 36.5 Å². The van der Waals surface area contributed by atoms with Gasteiger partial charge in [0, 0.05) is 50.6 Å². The molecule has 2 aromatic rings. The average molecular weight is 413 g/mol. The van der Waals surface area contributed by atoms with E-state index in [0.717, 1.165) is 52.7 Å². The molecule has 0 radical (unpaired) electrons. The van der Waals surface area contributed by atoms with Gasteiger partial charge in [0.1, 0.15) is 5.82 Å². The Morgan fingerprint density at radius 1 is 1.03 bits per heavy atom. The van der Waals surface area contributed by atoms with Crippen molar-refractivity contribution in [2.75, 3.05) is 49.1 Å². The molecule has 0 spiro atoms. The topological polar surface area (TPSA) is 51.6 Å². The third-order valence-corrected chi connectivity index (χ3v) is 7.51. The van der Waals surface area contributed by atoms with Gasteiger partial charge >= 0.3 is 0 Å². The second kappa shape index (κ2) is 8.99. The highest BCUT2D eigenvalue weighted by molar-refractivity contribution is 7.47. The summed E-state index contributed by atoms with van der Waals surface area (Å²) in [6.45, 7) is 11.5. The molecule has 4 rings (SSSR count). The molecule has 2 aliphatic rings. The average Bonchev–Trinajstić information content (AvgIpc) is 2.78. The van der Waals surface area contributed by atoms with Crippen molar-refractivity contribution in [3.63, 3.8) is 0 Å². The van der Waals surface area contributed by atoms with Crippen LogP contribution in [0.4, 0.5) is 11.5 Å². The fourth-order valence-electron chi connectivity index (χ4n) is 4.21. The molecule has 1 fully saturated rings. The first kappa shape index (κ1) is 20.6. The number of nitrogens with zero attached hydrogens (tertiary/aromatic N) is 3. The highest BCUT2D eigenvalue weighted by Crippen LogP contribution is 2.28. The zero-order valence-corrected chi connectivity index (χ0v) is 18.7. The van der Waals surface area contributed by atoms with Crippen molar-refractivity contribution in [3.8, 4) is 0 Å². The lowest BCUT2D eigenvalue weighted by atomic mass is 10.0. The van der Waals surface area contributed by atoms with Crippen LogP contribution in [0.25, 0.3) is 0 Å². The second-order valence-corrected chi connectivity index (χ2v) is 9.89. The molecule has 0 amide bonds. The van der Waals surface area contributed by atoms with Crippen molar-refractivity contribution < 1.29 is 5.11 Å². The molecule has 3 atom stereocenters. The molecule has 1 aromatic heterocycles. The molecule has 6 heteroatoms. The van der Waals surface area contributed by atoms with Crippen molar-refractivity contribution in [2.45, 2.75) is 32.9 Å². The van der Waals surface area contributed by atoms with Gasteiger partial charge in [0.25, 0.3) is 0 Å². The number of nitrogens with one attached hydrogen (secondary N) is 1. The molecule has 1 saturated heterocycles. The molecule has 0 bridgehead atoms. The van der Waals surface area contributed by atoms with E-state index in [1.165, 1.54) is 22.7 Å². The number of pyridine rings is 1. The number of aliphatic hydroxyl groups is 1. The lowest BCUT2D eigenvalue weighted by molar-refractivity contribution is 0.126. The van der Waals surface area contributed by atoms with Crippen molar-refractivity contribution in [3.05, 3.63) is 47.7 Å². The van der Waals surface area contributed by atoms with E-state index in [4.69, 9.17) is 0 Å². The number of hydrogen-bond donors (Lipinski definition) is 2. The Bertz CT molecular complexity index is 818. The fourth-order valence-corrected chi connectivity index (χ4v) is 5.36. The normalized spacial score (nSPS) is 20.4. The first-order valence-electron chi connectivity index (χ1n) is 10.8. The third kappa shape index (κ3) is 4.58. The van der Waals surface area contributed by atoms with Gasteiger partial charge in [0.05, 0.1) is 6.10 Å².